The molecule has 6 heteroatoms. The van der Waals surface area contributed by atoms with E-state index >= 15 is 0 Å². The summed E-state index contributed by atoms with van der Waals surface area (Å²) in [5.74, 6) is -2.33. The lowest BCUT2D eigenvalue weighted by Crippen LogP contribution is -2.28. The molecule has 1 saturated carbocycles. The predicted molar refractivity (Wildman–Crippen MR) is 96.1 cm³/mol. The number of anilines is 2. The van der Waals surface area contributed by atoms with Crippen LogP contribution in [-0.2, 0) is 16.0 Å². The number of carboxylic acid groups (broad SMARTS) is 1. The monoisotopic (exact) mass is 350 g/mol. The summed E-state index contributed by atoms with van der Waals surface area (Å²) in [4.78, 5) is 37.4. The summed E-state index contributed by atoms with van der Waals surface area (Å²) in [6.07, 6.45) is 1.23. The molecule has 2 unspecified atom stereocenters. The molecule has 4 rings (SSSR count). The SMILES string of the molecule is O=C(O)C1CC1C(=O)Nc1ccc(C(=O)N2CCc3ccccc32)cc1. The van der Waals surface area contributed by atoms with Gasteiger partial charge in [-0.2, -0.15) is 0 Å². The number of carbonyl (C=O) groups is 3. The first-order chi connectivity index (χ1) is 12.5. The molecule has 6 nitrogen and oxygen atoms in total. The van der Waals surface area contributed by atoms with Crippen molar-refractivity contribution in [2.24, 2.45) is 11.8 Å². The third-order valence-electron chi connectivity index (χ3n) is 4.98. The molecule has 26 heavy (non-hydrogen) atoms. The minimum Gasteiger partial charge on any atom is -0.481 e. The molecule has 2 amide bonds. The van der Waals surface area contributed by atoms with Crippen LogP contribution < -0.4 is 10.2 Å². The molecule has 1 fully saturated rings. The number of rotatable bonds is 4. The maximum Gasteiger partial charge on any atom is 0.307 e. The number of nitrogens with one attached hydrogen (secondary N) is 1. The molecule has 0 radical (unpaired) electrons. The fourth-order valence-corrected chi connectivity index (χ4v) is 3.39. The van der Waals surface area contributed by atoms with Crippen LogP contribution in [-0.4, -0.2) is 29.4 Å². The Labute approximate surface area is 150 Å². The number of aliphatic carboxylic acids is 1. The van der Waals surface area contributed by atoms with Crippen LogP contribution in [0.1, 0.15) is 22.3 Å². The lowest BCUT2D eigenvalue weighted by atomic mass is 10.1. The van der Waals surface area contributed by atoms with Gasteiger partial charge in [0.25, 0.3) is 5.91 Å². The van der Waals surface area contributed by atoms with Crippen LogP contribution in [0.25, 0.3) is 0 Å². The van der Waals surface area contributed by atoms with Gasteiger partial charge in [-0.15, -0.1) is 0 Å². The first-order valence-electron chi connectivity index (χ1n) is 8.58. The molecule has 0 aromatic heterocycles. The smallest absolute Gasteiger partial charge is 0.307 e. The highest BCUT2D eigenvalue weighted by Gasteiger charge is 2.48. The summed E-state index contributed by atoms with van der Waals surface area (Å²) in [5.41, 5.74) is 3.23. The standard InChI is InChI=1S/C20H18N2O4/c23-18(15-11-16(15)20(25)26)21-14-7-5-13(6-8-14)19(24)22-10-9-12-3-1-2-4-17(12)22/h1-8,15-16H,9-11H2,(H,21,23)(H,25,26). The van der Waals surface area contributed by atoms with Crippen LogP contribution in [0.3, 0.4) is 0 Å². The Bertz CT molecular complexity index is 891. The van der Waals surface area contributed by atoms with E-state index in [1.54, 1.807) is 29.2 Å². The topological polar surface area (TPSA) is 86.7 Å². The van der Waals surface area contributed by atoms with E-state index in [0.29, 0.717) is 24.2 Å². The van der Waals surface area contributed by atoms with Crippen molar-refractivity contribution >= 4 is 29.2 Å². The number of nitrogens with zero attached hydrogens (tertiary/aromatic N) is 1. The van der Waals surface area contributed by atoms with Crippen LogP contribution in [0.2, 0.25) is 0 Å². The maximum absolute atomic E-state index is 12.8. The van der Waals surface area contributed by atoms with Crippen molar-refractivity contribution in [2.45, 2.75) is 12.8 Å². The molecule has 2 aromatic carbocycles. The molecule has 2 N–H and O–H groups in total. The highest BCUT2D eigenvalue weighted by atomic mass is 16.4. The quantitative estimate of drug-likeness (QED) is 0.887. The zero-order valence-corrected chi connectivity index (χ0v) is 14.0. The molecule has 1 aliphatic heterocycles. The van der Waals surface area contributed by atoms with Gasteiger partial charge >= 0.3 is 5.97 Å². The Kier molecular flexibility index (Phi) is 3.95. The number of hydrogen-bond donors (Lipinski definition) is 2. The van der Waals surface area contributed by atoms with Gasteiger partial charge in [0, 0.05) is 23.5 Å². The van der Waals surface area contributed by atoms with Gasteiger partial charge in [0.1, 0.15) is 0 Å². The lowest BCUT2D eigenvalue weighted by molar-refractivity contribution is -0.139. The molecule has 132 valence electrons. The van der Waals surface area contributed by atoms with E-state index in [2.05, 4.69) is 5.32 Å². The van der Waals surface area contributed by atoms with Crippen molar-refractivity contribution in [3.8, 4) is 0 Å². The Morgan fingerprint density at radius 3 is 2.42 bits per heavy atom. The Hall–Kier alpha value is -3.15. The van der Waals surface area contributed by atoms with Gasteiger partial charge in [-0.1, -0.05) is 18.2 Å². The van der Waals surface area contributed by atoms with Gasteiger partial charge in [0.2, 0.25) is 5.91 Å². The van der Waals surface area contributed by atoms with E-state index in [4.69, 9.17) is 5.11 Å². The molecule has 0 saturated heterocycles. The molecule has 1 heterocycles. The minimum atomic E-state index is -0.933. The highest BCUT2D eigenvalue weighted by Crippen LogP contribution is 2.39. The number of para-hydroxylation sites is 1. The second kappa shape index (κ2) is 6.29. The van der Waals surface area contributed by atoms with Crippen molar-refractivity contribution in [1.82, 2.24) is 0 Å². The van der Waals surface area contributed by atoms with E-state index in [0.717, 1.165) is 12.1 Å². The van der Waals surface area contributed by atoms with Gasteiger partial charge in [-0.05, 0) is 48.7 Å². The fourth-order valence-electron chi connectivity index (χ4n) is 3.39. The van der Waals surface area contributed by atoms with E-state index in [9.17, 15) is 14.4 Å². The van der Waals surface area contributed by atoms with Crippen LogP contribution in [0, 0.1) is 11.8 Å². The second-order valence-electron chi connectivity index (χ2n) is 6.69. The van der Waals surface area contributed by atoms with Crippen molar-refractivity contribution in [3.63, 3.8) is 0 Å². The number of amides is 2. The summed E-state index contributed by atoms with van der Waals surface area (Å²) in [5, 5.41) is 11.6. The molecule has 2 aromatic rings. The molecular formula is C20H18N2O4. The zero-order chi connectivity index (χ0) is 18.3. The summed E-state index contributed by atoms with van der Waals surface area (Å²) in [7, 11) is 0. The van der Waals surface area contributed by atoms with E-state index < -0.39 is 17.8 Å². The molecule has 1 aliphatic carbocycles. The second-order valence-corrected chi connectivity index (χ2v) is 6.69. The molecule has 2 aliphatic rings. The van der Waals surface area contributed by atoms with Crippen molar-refractivity contribution < 1.29 is 19.5 Å². The van der Waals surface area contributed by atoms with E-state index in [1.807, 2.05) is 24.3 Å². The van der Waals surface area contributed by atoms with Crippen LogP contribution in [0.4, 0.5) is 11.4 Å². The Morgan fingerprint density at radius 1 is 1.00 bits per heavy atom. The minimum absolute atomic E-state index is 0.0686. The largest absolute Gasteiger partial charge is 0.481 e. The number of carboxylic acids is 1. The van der Waals surface area contributed by atoms with Crippen LogP contribution >= 0.6 is 0 Å². The normalized spacial score (nSPS) is 20.4. The summed E-state index contributed by atoms with van der Waals surface area (Å²) < 4.78 is 0. The van der Waals surface area contributed by atoms with E-state index in [1.165, 1.54) is 5.56 Å². The van der Waals surface area contributed by atoms with Crippen LogP contribution in [0.15, 0.2) is 48.5 Å². The first kappa shape index (κ1) is 16.3. The lowest BCUT2D eigenvalue weighted by Gasteiger charge is -2.17. The van der Waals surface area contributed by atoms with Crippen molar-refractivity contribution in [3.05, 3.63) is 59.7 Å². The van der Waals surface area contributed by atoms with Crippen LogP contribution in [0.5, 0.6) is 0 Å². The first-order valence-corrected chi connectivity index (χ1v) is 8.58. The maximum atomic E-state index is 12.8. The Balaban J connectivity index is 1.43. The molecule has 0 spiro atoms. The highest BCUT2D eigenvalue weighted by molar-refractivity contribution is 6.07. The van der Waals surface area contributed by atoms with Crippen molar-refractivity contribution in [2.75, 3.05) is 16.8 Å². The van der Waals surface area contributed by atoms with Gasteiger partial charge in [-0.25, -0.2) is 0 Å². The average molecular weight is 350 g/mol. The fraction of sp³-hybridized carbons (Fsp3) is 0.250. The number of carbonyl (C=O) groups excluding carboxylic acids is 2. The zero-order valence-electron chi connectivity index (χ0n) is 14.0. The third kappa shape index (κ3) is 2.94. The molecular weight excluding hydrogens is 332 g/mol. The predicted octanol–water partition coefficient (Wildman–Crippen LogP) is 2.55. The summed E-state index contributed by atoms with van der Waals surface area (Å²) >= 11 is 0. The molecule has 0 bridgehead atoms. The van der Waals surface area contributed by atoms with E-state index in [-0.39, 0.29) is 11.8 Å². The summed E-state index contributed by atoms with van der Waals surface area (Å²) in [6.45, 7) is 0.662. The summed E-state index contributed by atoms with van der Waals surface area (Å²) in [6, 6.07) is 14.6. The number of hydrogen-bond acceptors (Lipinski definition) is 3. The van der Waals surface area contributed by atoms with Crippen molar-refractivity contribution in [1.29, 1.82) is 0 Å². The number of fused-ring (bicyclic) bond motifs is 1. The van der Waals surface area contributed by atoms with Gasteiger partial charge in [0.15, 0.2) is 0 Å². The Morgan fingerprint density at radius 2 is 1.73 bits per heavy atom. The number of benzene rings is 2. The van der Waals surface area contributed by atoms with Gasteiger partial charge < -0.3 is 15.3 Å². The average Bonchev–Trinajstić information content (AvgIpc) is 3.35. The molecule has 2 atom stereocenters. The van der Waals surface area contributed by atoms with Gasteiger partial charge in [-0.3, -0.25) is 14.4 Å². The van der Waals surface area contributed by atoms with Gasteiger partial charge in [0.05, 0.1) is 11.8 Å². The third-order valence-corrected chi connectivity index (χ3v) is 4.98.